The summed E-state index contributed by atoms with van der Waals surface area (Å²) < 4.78 is 10.2. The zero-order valence-corrected chi connectivity index (χ0v) is 20.3. The first kappa shape index (κ1) is 24.3. The highest BCUT2D eigenvalue weighted by Gasteiger charge is 2.28. The van der Waals surface area contributed by atoms with E-state index in [4.69, 9.17) is 9.47 Å². The van der Waals surface area contributed by atoms with Gasteiger partial charge in [0.25, 0.3) is 0 Å². The van der Waals surface area contributed by atoms with Gasteiger partial charge in [-0.25, -0.2) is 15.0 Å². The number of nitrogens with one attached hydrogen (secondary N) is 2. The third-order valence-corrected chi connectivity index (χ3v) is 7.22. The molecule has 0 unspecified atom stereocenters. The Morgan fingerprint density at radius 3 is 2.63 bits per heavy atom. The van der Waals surface area contributed by atoms with Gasteiger partial charge in [-0.05, 0) is 60.4 Å². The van der Waals surface area contributed by atoms with Crippen molar-refractivity contribution in [2.75, 3.05) is 12.4 Å². The minimum absolute atomic E-state index is 0.299. The van der Waals surface area contributed by atoms with Crippen molar-refractivity contribution in [2.24, 2.45) is 5.10 Å². The second-order valence-corrected chi connectivity index (χ2v) is 9.55. The molecule has 0 radical (unpaired) electrons. The molecule has 1 aromatic carbocycles. The SMILES string of the molecule is COC(=O)c1c(NC(=O)C(=O)N/N=C/c2cccc(OC(=O)c3cccs3)c2)sc2c1CCCC2. The Balaban J connectivity index is 1.37. The zero-order valence-electron chi connectivity index (χ0n) is 18.7. The number of carbonyl (C=O) groups excluding carboxylic acids is 4. The number of ether oxygens (including phenoxy) is 2. The number of hydrogen-bond donors (Lipinski definition) is 2. The molecule has 2 N–H and O–H groups in total. The molecule has 11 heteroatoms. The molecular weight excluding hydrogens is 490 g/mol. The molecule has 35 heavy (non-hydrogen) atoms. The number of hydrazone groups is 1. The first-order valence-electron chi connectivity index (χ1n) is 10.7. The number of fused-ring (bicyclic) bond motifs is 1. The van der Waals surface area contributed by atoms with Gasteiger partial charge in [0.15, 0.2) is 0 Å². The molecule has 0 spiro atoms. The lowest BCUT2D eigenvalue weighted by molar-refractivity contribution is -0.136. The van der Waals surface area contributed by atoms with Crippen LogP contribution in [0.15, 0.2) is 46.9 Å². The van der Waals surface area contributed by atoms with Gasteiger partial charge in [0.1, 0.15) is 15.6 Å². The van der Waals surface area contributed by atoms with Crippen molar-refractivity contribution in [3.05, 3.63) is 68.2 Å². The summed E-state index contributed by atoms with van der Waals surface area (Å²) in [6.07, 6.45) is 4.82. The van der Waals surface area contributed by atoms with Crippen LogP contribution in [0.5, 0.6) is 5.75 Å². The van der Waals surface area contributed by atoms with Crippen molar-refractivity contribution in [3.63, 3.8) is 0 Å². The van der Waals surface area contributed by atoms with E-state index in [1.807, 2.05) is 0 Å². The lowest BCUT2D eigenvalue weighted by Crippen LogP contribution is -2.32. The molecule has 2 aromatic heterocycles. The van der Waals surface area contributed by atoms with Crippen LogP contribution in [-0.2, 0) is 27.2 Å². The number of carbonyl (C=O) groups is 4. The lowest BCUT2D eigenvalue weighted by Gasteiger charge is -2.11. The molecule has 180 valence electrons. The fraction of sp³-hybridized carbons (Fsp3) is 0.208. The van der Waals surface area contributed by atoms with Crippen molar-refractivity contribution in [1.29, 1.82) is 0 Å². The monoisotopic (exact) mass is 511 g/mol. The van der Waals surface area contributed by atoms with E-state index < -0.39 is 23.8 Å². The Hall–Kier alpha value is -3.83. The molecule has 0 fully saturated rings. The minimum Gasteiger partial charge on any atom is -0.465 e. The van der Waals surface area contributed by atoms with Crippen LogP contribution >= 0.6 is 22.7 Å². The molecule has 0 atom stereocenters. The molecule has 1 aliphatic carbocycles. The number of hydrogen-bond acceptors (Lipinski definition) is 9. The number of rotatable bonds is 6. The Morgan fingerprint density at radius 2 is 1.86 bits per heavy atom. The lowest BCUT2D eigenvalue weighted by atomic mass is 9.95. The number of thiophene rings is 2. The number of benzene rings is 1. The van der Waals surface area contributed by atoms with E-state index in [1.54, 1.807) is 41.8 Å². The van der Waals surface area contributed by atoms with Crippen LogP contribution in [0.4, 0.5) is 5.00 Å². The third-order valence-electron chi connectivity index (χ3n) is 5.16. The highest BCUT2D eigenvalue weighted by molar-refractivity contribution is 7.17. The predicted molar refractivity (Wildman–Crippen MR) is 132 cm³/mol. The predicted octanol–water partition coefficient (Wildman–Crippen LogP) is 3.78. The average Bonchev–Trinajstić information content (AvgIpc) is 3.52. The van der Waals surface area contributed by atoms with Gasteiger partial charge >= 0.3 is 23.8 Å². The van der Waals surface area contributed by atoms with Crippen molar-refractivity contribution in [3.8, 4) is 5.75 Å². The van der Waals surface area contributed by atoms with Crippen molar-refractivity contribution in [1.82, 2.24) is 5.43 Å². The smallest absolute Gasteiger partial charge is 0.353 e. The molecule has 0 bridgehead atoms. The highest BCUT2D eigenvalue weighted by Crippen LogP contribution is 2.38. The van der Waals surface area contributed by atoms with E-state index in [1.165, 1.54) is 36.0 Å². The van der Waals surface area contributed by atoms with Gasteiger partial charge in [0.2, 0.25) is 0 Å². The van der Waals surface area contributed by atoms with Gasteiger partial charge < -0.3 is 14.8 Å². The second kappa shape index (κ2) is 11.1. The standard InChI is InChI=1S/C24H21N3O6S2/c1-32-24(31)19-16-8-2-3-9-17(16)35-22(19)26-20(28)21(29)27-25-13-14-6-4-7-15(12-14)33-23(30)18-10-5-11-34-18/h4-7,10-13H,2-3,8-9H2,1H3,(H,26,28)(H,27,29)/b25-13+. The van der Waals surface area contributed by atoms with Crippen LogP contribution in [0.1, 0.15) is 48.9 Å². The minimum atomic E-state index is -0.997. The average molecular weight is 512 g/mol. The number of esters is 2. The first-order chi connectivity index (χ1) is 17.0. The van der Waals surface area contributed by atoms with E-state index in [-0.39, 0.29) is 0 Å². The molecule has 3 aromatic rings. The normalized spacial score (nSPS) is 12.6. The number of methoxy groups -OCH3 is 1. The molecule has 0 saturated carbocycles. The number of amides is 2. The number of aryl methyl sites for hydroxylation is 1. The van der Waals surface area contributed by atoms with Crippen LogP contribution in [0, 0.1) is 0 Å². The van der Waals surface area contributed by atoms with Gasteiger partial charge in [-0.3, -0.25) is 9.59 Å². The van der Waals surface area contributed by atoms with E-state index in [0.29, 0.717) is 26.8 Å². The molecule has 9 nitrogen and oxygen atoms in total. The Labute approximate surface area is 208 Å². The molecule has 4 rings (SSSR count). The summed E-state index contributed by atoms with van der Waals surface area (Å²) in [7, 11) is 1.28. The summed E-state index contributed by atoms with van der Waals surface area (Å²) in [5.74, 6) is -2.65. The largest absolute Gasteiger partial charge is 0.465 e. The molecular formula is C24H21N3O6S2. The summed E-state index contributed by atoms with van der Waals surface area (Å²) in [6, 6.07) is 9.97. The van der Waals surface area contributed by atoms with E-state index >= 15 is 0 Å². The fourth-order valence-electron chi connectivity index (χ4n) is 3.56. The van der Waals surface area contributed by atoms with Crippen molar-refractivity contribution < 1.29 is 28.7 Å². The fourth-order valence-corrected chi connectivity index (χ4v) is 5.43. The van der Waals surface area contributed by atoms with Gasteiger partial charge in [-0.15, -0.1) is 22.7 Å². The third kappa shape index (κ3) is 5.81. The zero-order chi connectivity index (χ0) is 24.8. The van der Waals surface area contributed by atoms with Crippen LogP contribution < -0.4 is 15.5 Å². The molecule has 1 aliphatic rings. The maximum absolute atomic E-state index is 12.4. The molecule has 0 aliphatic heterocycles. The van der Waals surface area contributed by atoms with E-state index in [9.17, 15) is 19.2 Å². The Kier molecular flexibility index (Phi) is 7.68. The van der Waals surface area contributed by atoms with Crippen LogP contribution in [-0.4, -0.2) is 37.1 Å². The van der Waals surface area contributed by atoms with Crippen molar-refractivity contribution >= 4 is 57.6 Å². The topological polar surface area (TPSA) is 123 Å². The summed E-state index contributed by atoms with van der Waals surface area (Å²) >= 11 is 2.56. The molecule has 2 heterocycles. The number of nitrogens with zero attached hydrogens (tertiary/aromatic N) is 1. The van der Waals surface area contributed by atoms with Gasteiger partial charge in [0.05, 0.1) is 18.9 Å². The van der Waals surface area contributed by atoms with E-state index in [0.717, 1.165) is 36.1 Å². The van der Waals surface area contributed by atoms with Gasteiger partial charge in [0, 0.05) is 4.88 Å². The maximum Gasteiger partial charge on any atom is 0.353 e. The Morgan fingerprint density at radius 1 is 1.03 bits per heavy atom. The molecule has 0 saturated heterocycles. The van der Waals surface area contributed by atoms with Gasteiger partial charge in [-0.1, -0.05) is 18.2 Å². The Bertz CT molecular complexity index is 1300. The van der Waals surface area contributed by atoms with Crippen LogP contribution in [0.25, 0.3) is 0 Å². The maximum atomic E-state index is 12.4. The van der Waals surface area contributed by atoms with Crippen LogP contribution in [0.3, 0.4) is 0 Å². The van der Waals surface area contributed by atoms with Crippen LogP contribution in [0.2, 0.25) is 0 Å². The first-order valence-corrected chi connectivity index (χ1v) is 12.4. The van der Waals surface area contributed by atoms with E-state index in [2.05, 4.69) is 15.8 Å². The second-order valence-electron chi connectivity index (χ2n) is 7.50. The van der Waals surface area contributed by atoms with Gasteiger partial charge in [-0.2, -0.15) is 5.10 Å². The summed E-state index contributed by atoms with van der Waals surface area (Å²) in [5.41, 5.74) is 3.89. The quantitative estimate of drug-likeness (QED) is 0.171. The highest BCUT2D eigenvalue weighted by atomic mass is 32.1. The summed E-state index contributed by atoms with van der Waals surface area (Å²) in [6.45, 7) is 0. The summed E-state index contributed by atoms with van der Waals surface area (Å²) in [4.78, 5) is 50.5. The molecule has 2 amide bonds. The van der Waals surface area contributed by atoms with Crippen molar-refractivity contribution in [2.45, 2.75) is 25.7 Å². The summed E-state index contributed by atoms with van der Waals surface area (Å²) in [5, 5.41) is 8.39. The number of anilines is 1.